The van der Waals surface area contributed by atoms with Crippen molar-refractivity contribution in [3.05, 3.63) is 68.7 Å². The van der Waals surface area contributed by atoms with Crippen molar-refractivity contribution in [3.63, 3.8) is 0 Å². The van der Waals surface area contributed by atoms with E-state index in [4.69, 9.17) is 27.9 Å². The van der Waals surface area contributed by atoms with Gasteiger partial charge < -0.3 is 4.74 Å². The molecule has 0 bridgehead atoms. The molecule has 0 aromatic heterocycles. The number of rotatable bonds is 4. The first kappa shape index (κ1) is 16.8. The Labute approximate surface area is 148 Å². The number of halogens is 2. The maximum atomic E-state index is 6.13. The van der Waals surface area contributed by atoms with Gasteiger partial charge in [-0.2, -0.15) is 0 Å². The summed E-state index contributed by atoms with van der Waals surface area (Å²) in [5.41, 5.74) is 5.36. The lowest BCUT2D eigenvalue weighted by Gasteiger charge is -2.18. The molecule has 3 rings (SSSR count). The Bertz CT molecular complexity index is 637. The first-order valence-electron chi connectivity index (χ1n) is 8.10. The third-order valence-electron chi connectivity index (χ3n) is 4.88. The van der Waals surface area contributed by atoms with Crippen molar-refractivity contribution < 1.29 is 4.74 Å². The van der Waals surface area contributed by atoms with Crippen LogP contribution in [0.5, 0.6) is 0 Å². The Kier molecular flexibility index (Phi) is 5.31. The van der Waals surface area contributed by atoms with E-state index in [2.05, 4.69) is 38.1 Å². The molecule has 3 heteroatoms. The highest BCUT2D eigenvalue weighted by atomic mass is 35.5. The molecule has 1 saturated heterocycles. The molecular weight excluding hydrogens is 327 g/mol. The Balaban J connectivity index is 1.69. The van der Waals surface area contributed by atoms with Gasteiger partial charge in [-0.3, -0.25) is 0 Å². The standard InChI is InChI=1S/C20H22Cl2O/c1-13-3-4-15(7-14(13)2)8-17-11-23-12-18(17)9-16-5-6-19(21)20(22)10-16/h3-7,10,17-18H,8-9,11-12H2,1-2H3/t17-,18-/m0/s1. The summed E-state index contributed by atoms with van der Waals surface area (Å²) in [7, 11) is 0. The average molecular weight is 349 g/mol. The number of ether oxygens (including phenoxy) is 1. The monoisotopic (exact) mass is 348 g/mol. The fourth-order valence-corrected chi connectivity index (χ4v) is 3.62. The van der Waals surface area contributed by atoms with Gasteiger partial charge >= 0.3 is 0 Å². The first-order valence-corrected chi connectivity index (χ1v) is 8.86. The minimum atomic E-state index is 0.536. The Morgan fingerprint density at radius 3 is 2.04 bits per heavy atom. The number of benzene rings is 2. The summed E-state index contributed by atoms with van der Waals surface area (Å²) < 4.78 is 5.76. The summed E-state index contributed by atoms with van der Waals surface area (Å²) in [6, 6.07) is 12.7. The Morgan fingerprint density at radius 1 is 0.826 bits per heavy atom. The maximum Gasteiger partial charge on any atom is 0.0595 e. The summed E-state index contributed by atoms with van der Waals surface area (Å²) in [6.07, 6.45) is 2.07. The fourth-order valence-electron chi connectivity index (χ4n) is 3.30. The smallest absolute Gasteiger partial charge is 0.0595 e. The summed E-state index contributed by atoms with van der Waals surface area (Å²) in [4.78, 5) is 0. The molecule has 1 aliphatic heterocycles. The molecule has 1 nitrogen and oxygen atoms in total. The van der Waals surface area contributed by atoms with Crippen LogP contribution >= 0.6 is 23.2 Å². The highest BCUT2D eigenvalue weighted by molar-refractivity contribution is 6.42. The minimum Gasteiger partial charge on any atom is -0.381 e. The quantitative estimate of drug-likeness (QED) is 0.692. The van der Waals surface area contributed by atoms with E-state index < -0.39 is 0 Å². The van der Waals surface area contributed by atoms with Gasteiger partial charge in [-0.25, -0.2) is 0 Å². The second-order valence-electron chi connectivity index (χ2n) is 6.63. The van der Waals surface area contributed by atoms with Crippen molar-refractivity contribution in [1.82, 2.24) is 0 Å². The van der Waals surface area contributed by atoms with Crippen LogP contribution in [-0.2, 0) is 17.6 Å². The van der Waals surface area contributed by atoms with Crippen LogP contribution in [0.4, 0.5) is 0 Å². The zero-order valence-corrected chi connectivity index (χ0v) is 15.1. The maximum absolute atomic E-state index is 6.13. The van der Waals surface area contributed by atoms with Crippen molar-refractivity contribution in [2.45, 2.75) is 26.7 Å². The minimum absolute atomic E-state index is 0.536. The molecule has 1 fully saturated rings. The highest BCUT2D eigenvalue weighted by Gasteiger charge is 2.28. The zero-order valence-electron chi connectivity index (χ0n) is 13.6. The largest absolute Gasteiger partial charge is 0.381 e. The van der Waals surface area contributed by atoms with E-state index in [0.717, 1.165) is 26.1 Å². The lowest BCUT2D eigenvalue weighted by Crippen LogP contribution is -2.17. The Morgan fingerprint density at radius 2 is 1.43 bits per heavy atom. The van der Waals surface area contributed by atoms with Crippen LogP contribution in [0.3, 0.4) is 0 Å². The first-order chi connectivity index (χ1) is 11.0. The van der Waals surface area contributed by atoms with E-state index in [1.165, 1.54) is 22.3 Å². The van der Waals surface area contributed by atoms with Crippen molar-refractivity contribution in [2.75, 3.05) is 13.2 Å². The zero-order chi connectivity index (χ0) is 16.4. The molecule has 0 saturated carbocycles. The summed E-state index contributed by atoms with van der Waals surface area (Å²) in [5.74, 6) is 1.10. The number of hydrogen-bond acceptors (Lipinski definition) is 1. The van der Waals surface area contributed by atoms with E-state index in [1.54, 1.807) is 0 Å². The second-order valence-corrected chi connectivity index (χ2v) is 7.45. The Hall–Kier alpha value is -1.02. The van der Waals surface area contributed by atoms with Crippen LogP contribution < -0.4 is 0 Å². The molecule has 1 aliphatic rings. The molecule has 1 heterocycles. The van der Waals surface area contributed by atoms with E-state index in [-0.39, 0.29) is 0 Å². The van der Waals surface area contributed by atoms with E-state index in [9.17, 15) is 0 Å². The van der Waals surface area contributed by atoms with Gasteiger partial charge in [-0.05, 0) is 72.9 Å². The molecule has 122 valence electrons. The third-order valence-corrected chi connectivity index (χ3v) is 5.62. The highest BCUT2D eigenvalue weighted by Crippen LogP contribution is 2.30. The van der Waals surface area contributed by atoms with Crippen LogP contribution in [0.1, 0.15) is 22.3 Å². The van der Waals surface area contributed by atoms with E-state index in [1.807, 2.05) is 12.1 Å². The van der Waals surface area contributed by atoms with Crippen LogP contribution in [0.2, 0.25) is 10.0 Å². The summed E-state index contributed by atoms with van der Waals surface area (Å²) >= 11 is 12.1. The van der Waals surface area contributed by atoms with E-state index in [0.29, 0.717) is 21.9 Å². The topological polar surface area (TPSA) is 9.23 Å². The summed E-state index contributed by atoms with van der Waals surface area (Å²) in [5, 5.41) is 1.25. The molecule has 0 unspecified atom stereocenters. The molecule has 2 aromatic rings. The molecule has 0 aliphatic carbocycles. The van der Waals surface area contributed by atoms with Gasteiger partial charge in [-0.15, -0.1) is 0 Å². The average Bonchev–Trinajstić information content (AvgIpc) is 2.94. The van der Waals surface area contributed by atoms with Crippen molar-refractivity contribution in [3.8, 4) is 0 Å². The van der Waals surface area contributed by atoms with Gasteiger partial charge in [0.2, 0.25) is 0 Å². The third kappa shape index (κ3) is 4.09. The van der Waals surface area contributed by atoms with Crippen molar-refractivity contribution in [1.29, 1.82) is 0 Å². The SMILES string of the molecule is Cc1ccc(C[C@H]2COC[C@@H]2Cc2ccc(Cl)c(Cl)c2)cc1C. The number of hydrogen-bond donors (Lipinski definition) is 0. The molecule has 2 aromatic carbocycles. The molecule has 0 N–H and O–H groups in total. The predicted molar refractivity (Wildman–Crippen MR) is 97.6 cm³/mol. The van der Waals surface area contributed by atoms with Crippen LogP contribution in [-0.4, -0.2) is 13.2 Å². The summed E-state index contributed by atoms with van der Waals surface area (Å²) in [6.45, 7) is 6.01. The fraction of sp³-hybridized carbons (Fsp3) is 0.400. The van der Waals surface area contributed by atoms with Crippen molar-refractivity contribution in [2.24, 2.45) is 11.8 Å². The molecule has 0 spiro atoms. The predicted octanol–water partition coefficient (Wildman–Crippen LogP) is 5.66. The molecular formula is C20H22Cl2O. The van der Waals surface area contributed by atoms with Crippen LogP contribution in [0, 0.1) is 25.7 Å². The van der Waals surface area contributed by atoms with E-state index >= 15 is 0 Å². The van der Waals surface area contributed by atoms with Gasteiger partial charge in [-0.1, -0.05) is 47.5 Å². The number of aryl methyl sites for hydroxylation is 2. The molecule has 0 amide bonds. The lowest BCUT2D eigenvalue weighted by atomic mass is 9.85. The molecule has 2 atom stereocenters. The van der Waals surface area contributed by atoms with Gasteiger partial charge in [0, 0.05) is 0 Å². The van der Waals surface area contributed by atoms with Crippen molar-refractivity contribution >= 4 is 23.2 Å². The lowest BCUT2D eigenvalue weighted by molar-refractivity contribution is 0.180. The van der Waals surface area contributed by atoms with Crippen LogP contribution in [0.15, 0.2) is 36.4 Å². The van der Waals surface area contributed by atoms with Gasteiger partial charge in [0.15, 0.2) is 0 Å². The van der Waals surface area contributed by atoms with Crippen LogP contribution in [0.25, 0.3) is 0 Å². The molecule has 23 heavy (non-hydrogen) atoms. The van der Waals surface area contributed by atoms with Gasteiger partial charge in [0.25, 0.3) is 0 Å². The normalized spacial score (nSPS) is 20.9. The van der Waals surface area contributed by atoms with Gasteiger partial charge in [0.1, 0.15) is 0 Å². The second kappa shape index (κ2) is 7.25. The molecule has 0 radical (unpaired) electrons. The van der Waals surface area contributed by atoms with Gasteiger partial charge in [0.05, 0.1) is 23.3 Å².